The van der Waals surface area contributed by atoms with E-state index in [2.05, 4.69) is 62.4 Å². The first-order valence-electron chi connectivity index (χ1n) is 5.87. The van der Waals surface area contributed by atoms with E-state index in [1.54, 1.807) is 0 Å². The van der Waals surface area contributed by atoms with E-state index in [-0.39, 0.29) is 0 Å². The molecule has 0 heterocycles. The van der Waals surface area contributed by atoms with Gasteiger partial charge in [0.05, 0.1) is 0 Å². The molecule has 0 N–H and O–H groups in total. The van der Waals surface area contributed by atoms with Crippen LogP contribution in [-0.2, 0) is 0 Å². The molecule has 0 saturated carbocycles. The Hall–Kier alpha value is -1.56. The molecule has 0 unspecified atom stereocenters. The average molecular weight is 210 g/mol. The van der Waals surface area contributed by atoms with Crippen molar-refractivity contribution < 1.29 is 0 Å². The normalized spacial score (nSPS) is 17.9. The lowest BCUT2D eigenvalue weighted by Crippen LogP contribution is -1.95. The van der Waals surface area contributed by atoms with Crippen LogP contribution in [0.25, 0.3) is 6.08 Å². The monoisotopic (exact) mass is 210 g/mol. The number of rotatable bonds is 1. The van der Waals surface area contributed by atoms with Crippen molar-refractivity contribution in [3.8, 4) is 0 Å². The number of benzene rings is 1. The second-order valence-corrected chi connectivity index (χ2v) is 4.43. The molecule has 0 amide bonds. The van der Waals surface area contributed by atoms with Crippen molar-refractivity contribution in [3.63, 3.8) is 0 Å². The zero-order valence-corrected chi connectivity index (χ0v) is 10.0. The Kier molecular flexibility index (Phi) is 3.40. The van der Waals surface area contributed by atoms with E-state index in [0.29, 0.717) is 0 Å². The SMILES string of the molecule is CC(C)=C1C=CCC/C1=C/c1ccccc1. The minimum absolute atomic E-state index is 1.16. The lowest BCUT2D eigenvalue weighted by atomic mass is 9.91. The molecular formula is C16H18. The van der Waals surface area contributed by atoms with Crippen LogP contribution in [-0.4, -0.2) is 0 Å². The molecule has 0 spiro atoms. The van der Waals surface area contributed by atoms with E-state index in [1.165, 1.54) is 22.3 Å². The summed E-state index contributed by atoms with van der Waals surface area (Å²) in [6.07, 6.45) is 9.16. The predicted octanol–water partition coefficient (Wildman–Crippen LogP) is 4.76. The maximum Gasteiger partial charge on any atom is -0.0238 e. The average Bonchev–Trinajstić information content (AvgIpc) is 2.31. The van der Waals surface area contributed by atoms with Crippen LogP contribution in [0.15, 0.2) is 59.2 Å². The third kappa shape index (κ3) is 2.52. The molecule has 1 aromatic rings. The fourth-order valence-corrected chi connectivity index (χ4v) is 2.07. The quantitative estimate of drug-likeness (QED) is 0.627. The smallest absolute Gasteiger partial charge is 0.0238 e. The first-order chi connectivity index (χ1) is 7.77. The van der Waals surface area contributed by atoms with Crippen molar-refractivity contribution in [3.05, 3.63) is 64.8 Å². The molecule has 0 heteroatoms. The van der Waals surface area contributed by atoms with E-state index in [0.717, 1.165) is 12.8 Å². The molecule has 0 radical (unpaired) electrons. The first-order valence-corrected chi connectivity index (χ1v) is 5.87. The predicted molar refractivity (Wildman–Crippen MR) is 71.2 cm³/mol. The molecule has 0 aliphatic heterocycles. The zero-order chi connectivity index (χ0) is 11.4. The van der Waals surface area contributed by atoms with Gasteiger partial charge in [0.15, 0.2) is 0 Å². The Bertz CT molecular complexity index is 440. The molecule has 1 aliphatic carbocycles. The van der Waals surface area contributed by atoms with Gasteiger partial charge in [-0.25, -0.2) is 0 Å². The topological polar surface area (TPSA) is 0 Å². The van der Waals surface area contributed by atoms with Crippen LogP contribution in [0.3, 0.4) is 0 Å². The maximum atomic E-state index is 2.31. The van der Waals surface area contributed by atoms with Crippen molar-refractivity contribution in [2.75, 3.05) is 0 Å². The minimum atomic E-state index is 1.16. The highest BCUT2D eigenvalue weighted by Crippen LogP contribution is 2.27. The van der Waals surface area contributed by atoms with Gasteiger partial charge in [-0.05, 0) is 43.4 Å². The van der Waals surface area contributed by atoms with Crippen LogP contribution in [0.2, 0.25) is 0 Å². The van der Waals surface area contributed by atoms with Gasteiger partial charge in [-0.15, -0.1) is 0 Å². The van der Waals surface area contributed by atoms with Gasteiger partial charge in [-0.3, -0.25) is 0 Å². The molecule has 1 aromatic carbocycles. The molecule has 1 aliphatic rings. The standard InChI is InChI=1S/C16H18/c1-13(2)16-11-7-6-10-15(16)12-14-8-4-3-5-9-14/h3-5,7-9,11-12H,6,10H2,1-2H3/b15-12-. The van der Waals surface area contributed by atoms with Gasteiger partial charge >= 0.3 is 0 Å². The summed E-state index contributed by atoms with van der Waals surface area (Å²) in [4.78, 5) is 0. The number of allylic oxidation sites excluding steroid dienone is 5. The molecule has 0 atom stereocenters. The first kappa shape index (κ1) is 10.9. The second kappa shape index (κ2) is 4.98. The highest BCUT2D eigenvalue weighted by atomic mass is 14.1. The van der Waals surface area contributed by atoms with Gasteiger partial charge in [0.2, 0.25) is 0 Å². The van der Waals surface area contributed by atoms with Crippen LogP contribution in [0.5, 0.6) is 0 Å². The van der Waals surface area contributed by atoms with Gasteiger partial charge in [-0.1, -0.05) is 54.1 Å². The molecule has 0 bridgehead atoms. The molecule has 0 aromatic heterocycles. The summed E-state index contributed by atoms with van der Waals surface area (Å²) in [6.45, 7) is 4.37. The van der Waals surface area contributed by atoms with Crippen molar-refractivity contribution in [2.24, 2.45) is 0 Å². The summed E-state index contributed by atoms with van der Waals surface area (Å²) in [7, 11) is 0. The maximum absolute atomic E-state index is 2.31. The van der Waals surface area contributed by atoms with E-state index >= 15 is 0 Å². The van der Waals surface area contributed by atoms with E-state index in [9.17, 15) is 0 Å². The van der Waals surface area contributed by atoms with Crippen molar-refractivity contribution in [1.82, 2.24) is 0 Å². The largest absolute Gasteiger partial charge is 0.0836 e. The summed E-state index contributed by atoms with van der Waals surface area (Å²) < 4.78 is 0. The van der Waals surface area contributed by atoms with Crippen LogP contribution >= 0.6 is 0 Å². The van der Waals surface area contributed by atoms with Crippen LogP contribution < -0.4 is 0 Å². The molecule has 0 fully saturated rings. The summed E-state index contributed by atoms with van der Waals surface area (Å²) in [5, 5.41) is 0. The molecular weight excluding hydrogens is 192 g/mol. The highest BCUT2D eigenvalue weighted by Gasteiger charge is 2.07. The minimum Gasteiger partial charge on any atom is -0.0836 e. The van der Waals surface area contributed by atoms with E-state index in [4.69, 9.17) is 0 Å². The van der Waals surface area contributed by atoms with Crippen LogP contribution in [0.1, 0.15) is 32.3 Å². The summed E-state index contributed by atoms with van der Waals surface area (Å²) >= 11 is 0. The van der Waals surface area contributed by atoms with E-state index < -0.39 is 0 Å². The lowest BCUT2D eigenvalue weighted by Gasteiger charge is -2.14. The molecule has 82 valence electrons. The summed E-state index contributed by atoms with van der Waals surface area (Å²) in [5.41, 5.74) is 5.58. The van der Waals surface area contributed by atoms with Crippen LogP contribution in [0, 0.1) is 0 Å². The number of hydrogen-bond acceptors (Lipinski definition) is 0. The fraction of sp³-hybridized carbons (Fsp3) is 0.250. The lowest BCUT2D eigenvalue weighted by molar-refractivity contribution is 0.966. The van der Waals surface area contributed by atoms with Gasteiger partial charge < -0.3 is 0 Å². The highest BCUT2D eigenvalue weighted by molar-refractivity contribution is 5.62. The fourth-order valence-electron chi connectivity index (χ4n) is 2.07. The Morgan fingerprint density at radius 3 is 2.56 bits per heavy atom. The zero-order valence-electron chi connectivity index (χ0n) is 10.0. The van der Waals surface area contributed by atoms with Gasteiger partial charge in [-0.2, -0.15) is 0 Å². The Morgan fingerprint density at radius 2 is 1.88 bits per heavy atom. The van der Waals surface area contributed by atoms with Crippen molar-refractivity contribution in [2.45, 2.75) is 26.7 Å². The molecule has 0 saturated heterocycles. The Balaban J connectivity index is 2.37. The summed E-state index contributed by atoms with van der Waals surface area (Å²) in [6, 6.07) is 10.6. The van der Waals surface area contributed by atoms with Crippen LogP contribution in [0.4, 0.5) is 0 Å². The van der Waals surface area contributed by atoms with Crippen molar-refractivity contribution >= 4 is 6.08 Å². The second-order valence-electron chi connectivity index (χ2n) is 4.43. The van der Waals surface area contributed by atoms with E-state index in [1.807, 2.05) is 0 Å². The molecule has 0 nitrogen and oxygen atoms in total. The van der Waals surface area contributed by atoms with Crippen molar-refractivity contribution in [1.29, 1.82) is 0 Å². The number of hydrogen-bond donors (Lipinski definition) is 0. The van der Waals surface area contributed by atoms with Gasteiger partial charge in [0.25, 0.3) is 0 Å². The van der Waals surface area contributed by atoms with Gasteiger partial charge in [0, 0.05) is 0 Å². The Labute approximate surface area is 98.0 Å². The third-order valence-corrected chi connectivity index (χ3v) is 2.89. The van der Waals surface area contributed by atoms with Gasteiger partial charge in [0.1, 0.15) is 0 Å². The summed E-state index contributed by atoms with van der Waals surface area (Å²) in [5.74, 6) is 0. The Morgan fingerprint density at radius 1 is 1.12 bits per heavy atom. The molecule has 2 rings (SSSR count). The molecule has 16 heavy (non-hydrogen) atoms. The third-order valence-electron chi connectivity index (χ3n) is 2.89.